The van der Waals surface area contributed by atoms with Crippen molar-refractivity contribution in [2.45, 2.75) is 20.8 Å². The molecule has 0 aliphatic carbocycles. The molecule has 1 aromatic carbocycles. The Bertz CT molecular complexity index is 444. The number of amides is 1. The third kappa shape index (κ3) is 3.86. The van der Waals surface area contributed by atoms with E-state index < -0.39 is 6.09 Å². The van der Waals surface area contributed by atoms with Crippen LogP contribution in [0.15, 0.2) is 23.3 Å². The van der Waals surface area contributed by atoms with Crippen LogP contribution in [0.2, 0.25) is 0 Å². The molecule has 0 saturated heterocycles. The van der Waals surface area contributed by atoms with E-state index in [-0.39, 0.29) is 12.4 Å². The fourth-order valence-electron chi connectivity index (χ4n) is 1.34. The van der Waals surface area contributed by atoms with Gasteiger partial charge in [-0.2, -0.15) is 5.10 Å². The van der Waals surface area contributed by atoms with Crippen LogP contribution >= 0.6 is 0 Å². The second-order valence-electron chi connectivity index (χ2n) is 3.49. The number of hydrazone groups is 1. The van der Waals surface area contributed by atoms with E-state index in [0.717, 1.165) is 5.56 Å². The maximum absolute atomic E-state index is 13.1. The molecule has 0 heterocycles. The minimum Gasteiger partial charge on any atom is -0.449 e. The van der Waals surface area contributed by atoms with E-state index in [0.29, 0.717) is 11.3 Å². The molecule has 0 fully saturated rings. The minimum atomic E-state index is -0.624. The van der Waals surface area contributed by atoms with Gasteiger partial charge in [0.15, 0.2) is 0 Å². The Morgan fingerprint density at radius 2 is 2.24 bits per heavy atom. The zero-order valence-electron chi connectivity index (χ0n) is 10.1. The topological polar surface area (TPSA) is 50.7 Å². The molecule has 1 rings (SSSR count). The van der Waals surface area contributed by atoms with Gasteiger partial charge in [-0.3, -0.25) is 0 Å². The average Bonchev–Trinajstić information content (AvgIpc) is 2.29. The quantitative estimate of drug-likeness (QED) is 0.650. The van der Waals surface area contributed by atoms with Crippen molar-refractivity contribution in [3.05, 3.63) is 35.1 Å². The van der Waals surface area contributed by atoms with Gasteiger partial charge in [0.1, 0.15) is 5.82 Å². The Kier molecular flexibility index (Phi) is 4.63. The molecule has 17 heavy (non-hydrogen) atoms. The normalized spacial score (nSPS) is 11.2. The average molecular weight is 238 g/mol. The summed E-state index contributed by atoms with van der Waals surface area (Å²) in [7, 11) is 0. The highest BCUT2D eigenvalue weighted by Gasteiger charge is 2.05. The van der Waals surface area contributed by atoms with Crippen LogP contribution in [0.4, 0.5) is 9.18 Å². The first kappa shape index (κ1) is 13.2. The van der Waals surface area contributed by atoms with Crippen molar-refractivity contribution < 1.29 is 13.9 Å². The summed E-state index contributed by atoms with van der Waals surface area (Å²) in [5.41, 5.74) is 4.30. The van der Waals surface area contributed by atoms with Crippen molar-refractivity contribution in [2.75, 3.05) is 6.61 Å². The molecule has 0 aliphatic rings. The van der Waals surface area contributed by atoms with Crippen LogP contribution in [-0.2, 0) is 4.74 Å². The number of nitrogens with one attached hydrogen (secondary N) is 1. The maximum atomic E-state index is 13.1. The van der Waals surface area contributed by atoms with Gasteiger partial charge < -0.3 is 4.74 Å². The third-order valence-corrected chi connectivity index (χ3v) is 2.18. The lowest BCUT2D eigenvalue weighted by Gasteiger charge is -2.06. The summed E-state index contributed by atoms with van der Waals surface area (Å²) in [6.07, 6.45) is -0.624. The predicted molar refractivity (Wildman–Crippen MR) is 63.5 cm³/mol. The number of carbonyl (C=O) groups is 1. The molecule has 0 aromatic heterocycles. The van der Waals surface area contributed by atoms with Gasteiger partial charge >= 0.3 is 6.09 Å². The van der Waals surface area contributed by atoms with Crippen molar-refractivity contribution in [3.8, 4) is 0 Å². The van der Waals surface area contributed by atoms with E-state index in [1.165, 1.54) is 12.1 Å². The molecular weight excluding hydrogens is 223 g/mol. The number of hydrogen-bond acceptors (Lipinski definition) is 3. The van der Waals surface area contributed by atoms with E-state index in [9.17, 15) is 9.18 Å². The van der Waals surface area contributed by atoms with Gasteiger partial charge in [0.25, 0.3) is 0 Å². The zero-order valence-corrected chi connectivity index (χ0v) is 10.1. The second kappa shape index (κ2) is 5.98. The summed E-state index contributed by atoms with van der Waals surface area (Å²) in [6, 6.07) is 4.42. The number of hydrogen-bond donors (Lipinski definition) is 1. The Labute approximate surface area is 99.5 Å². The van der Waals surface area contributed by atoms with Crippen LogP contribution in [0.25, 0.3) is 0 Å². The number of halogens is 1. The molecule has 0 atom stereocenters. The smallest absolute Gasteiger partial charge is 0.427 e. The molecule has 0 spiro atoms. The lowest BCUT2D eigenvalue weighted by Crippen LogP contribution is -2.20. The standard InChI is InChI=1S/C12H15FN2O2/c1-4-17-12(16)15-14-9(3)11-7-10(13)6-5-8(11)2/h5-7H,4H2,1-3H3,(H,15,16)/b14-9+. The Balaban J connectivity index is 2.81. The molecule has 1 aromatic rings. The van der Waals surface area contributed by atoms with Crippen LogP contribution in [0.3, 0.4) is 0 Å². The molecule has 5 heteroatoms. The van der Waals surface area contributed by atoms with Crippen LogP contribution in [-0.4, -0.2) is 18.4 Å². The molecular formula is C12H15FN2O2. The highest BCUT2D eigenvalue weighted by atomic mass is 19.1. The molecule has 1 amide bonds. The van der Waals surface area contributed by atoms with Crippen LogP contribution in [0.5, 0.6) is 0 Å². The van der Waals surface area contributed by atoms with E-state index >= 15 is 0 Å². The number of benzene rings is 1. The number of nitrogens with zero attached hydrogens (tertiary/aromatic N) is 1. The van der Waals surface area contributed by atoms with Crippen molar-refractivity contribution >= 4 is 11.8 Å². The molecule has 92 valence electrons. The lowest BCUT2D eigenvalue weighted by molar-refractivity contribution is 0.152. The van der Waals surface area contributed by atoms with Crippen molar-refractivity contribution in [1.82, 2.24) is 5.43 Å². The Hall–Kier alpha value is -1.91. The number of aryl methyl sites for hydroxylation is 1. The van der Waals surface area contributed by atoms with Crippen LogP contribution < -0.4 is 5.43 Å². The number of carbonyl (C=O) groups excluding carboxylic acids is 1. The largest absolute Gasteiger partial charge is 0.449 e. The third-order valence-electron chi connectivity index (χ3n) is 2.18. The number of rotatable bonds is 3. The van der Waals surface area contributed by atoms with Gasteiger partial charge in [-0.15, -0.1) is 0 Å². The van der Waals surface area contributed by atoms with Gasteiger partial charge in [-0.25, -0.2) is 14.6 Å². The fraction of sp³-hybridized carbons (Fsp3) is 0.333. The van der Waals surface area contributed by atoms with E-state index in [4.69, 9.17) is 0 Å². The number of ether oxygens (including phenoxy) is 1. The summed E-state index contributed by atoms with van der Waals surface area (Å²) in [6.45, 7) is 5.51. The first-order chi connectivity index (χ1) is 8.04. The van der Waals surface area contributed by atoms with Gasteiger partial charge in [-0.1, -0.05) is 6.07 Å². The first-order valence-corrected chi connectivity index (χ1v) is 5.28. The monoisotopic (exact) mass is 238 g/mol. The van der Waals surface area contributed by atoms with Crippen molar-refractivity contribution in [1.29, 1.82) is 0 Å². The summed E-state index contributed by atoms with van der Waals surface area (Å²) in [4.78, 5) is 11.0. The summed E-state index contributed by atoms with van der Waals surface area (Å²) < 4.78 is 17.7. The van der Waals surface area contributed by atoms with Gasteiger partial charge in [0.2, 0.25) is 0 Å². The fourth-order valence-corrected chi connectivity index (χ4v) is 1.34. The second-order valence-corrected chi connectivity index (χ2v) is 3.49. The molecule has 0 radical (unpaired) electrons. The SMILES string of the molecule is CCOC(=O)N/N=C(\C)c1cc(F)ccc1C. The van der Waals surface area contributed by atoms with E-state index in [1.807, 2.05) is 6.92 Å². The van der Waals surface area contributed by atoms with Crippen molar-refractivity contribution in [2.24, 2.45) is 5.10 Å². The first-order valence-electron chi connectivity index (χ1n) is 5.28. The highest BCUT2D eigenvalue weighted by molar-refractivity contribution is 6.00. The molecule has 1 N–H and O–H groups in total. The molecule has 4 nitrogen and oxygen atoms in total. The Morgan fingerprint density at radius 3 is 2.88 bits per heavy atom. The van der Waals surface area contributed by atoms with Gasteiger partial charge in [0.05, 0.1) is 12.3 Å². The predicted octanol–water partition coefficient (Wildman–Crippen LogP) is 2.60. The molecule has 0 unspecified atom stereocenters. The molecule has 0 saturated carbocycles. The molecule has 0 bridgehead atoms. The van der Waals surface area contributed by atoms with E-state index in [1.54, 1.807) is 19.9 Å². The van der Waals surface area contributed by atoms with Gasteiger partial charge in [-0.05, 0) is 38.5 Å². The highest BCUT2D eigenvalue weighted by Crippen LogP contribution is 2.11. The Morgan fingerprint density at radius 1 is 1.53 bits per heavy atom. The van der Waals surface area contributed by atoms with Crippen LogP contribution in [0.1, 0.15) is 25.0 Å². The lowest BCUT2D eigenvalue weighted by atomic mass is 10.1. The summed E-state index contributed by atoms with van der Waals surface area (Å²) >= 11 is 0. The van der Waals surface area contributed by atoms with Crippen molar-refractivity contribution in [3.63, 3.8) is 0 Å². The molecule has 0 aliphatic heterocycles. The maximum Gasteiger partial charge on any atom is 0.427 e. The summed E-state index contributed by atoms with van der Waals surface area (Å²) in [5, 5.41) is 3.84. The van der Waals surface area contributed by atoms with Crippen LogP contribution in [0, 0.1) is 12.7 Å². The minimum absolute atomic E-state index is 0.277. The van der Waals surface area contributed by atoms with Gasteiger partial charge in [0, 0.05) is 5.56 Å². The van der Waals surface area contributed by atoms with E-state index in [2.05, 4.69) is 15.3 Å². The summed E-state index contributed by atoms with van der Waals surface area (Å²) in [5.74, 6) is -0.337. The zero-order chi connectivity index (χ0) is 12.8.